The van der Waals surface area contributed by atoms with Crippen molar-refractivity contribution in [2.24, 2.45) is 0 Å². The Hall–Kier alpha value is -1.01. The molecule has 0 unspecified atom stereocenters. The van der Waals surface area contributed by atoms with Crippen LogP contribution >= 0.6 is 0 Å². The first-order valence-electron chi connectivity index (χ1n) is 4.91. The second kappa shape index (κ2) is 2.99. The Morgan fingerprint density at radius 1 is 1.27 bits per heavy atom. The van der Waals surface area contributed by atoms with Crippen LogP contribution in [0.1, 0.15) is 27.7 Å². The van der Waals surface area contributed by atoms with E-state index in [4.69, 9.17) is 14.5 Å². The molecule has 0 amide bonds. The molecule has 0 radical (unpaired) electrons. The average molecular weight is 210 g/mol. The lowest BCUT2D eigenvalue weighted by Crippen LogP contribution is -2.41. The topological polar surface area (TPSA) is 56.5 Å². The van der Waals surface area contributed by atoms with Gasteiger partial charge in [0.05, 0.1) is 23.6 Å². The third kappa shape index (κ3) is 1.64. The van der Waals surface area contributed by atoms with Gasteiger partial charge in [0, 0.05) is 5.46 Å². The zero-order chi connectivity index (χ0) is 11.3. The van der Waals surface area contributed by atoms with Gasteiger partial charge in [0.15, 0.2) is 0 Å². The summed E-state index contributed by atoms with van der Waals surface area (Å²) in [4.78, 5) is 0.750. The standard InChI is InChI=1S/C9H15BN2O3/c1-8(2)9(3,4)15-10(14-8)7-5-11-12(13)6-7/h5-6,13H,1-4H3. The minimum absolute atomic E-state index is 0.366. The number of hydrogen-bond acceptors (Lipinski definition) is 4. The third-order valence-electron chi connectivity index (χ3n) is 3.12. The number of aromatic nitrogens is 2. The number of hydrogen-bond donors (Lipinski definition) is 1. The maximum atomic E-state index is 9.07. The van der Waals surface area contributed by atoms with Gasteiger partial charge in [0.25, 0.3) is 0 Å². The van der Waals surface area contributed by atoms with Crippen molar-refractivity contribution >= 4 is 12.6 Å². The van der Waals surface area contributed by atoms with Gasteiger partial charge in [0.2, 0.25) is 0 Å². The first-order valence-corrected chi connectivity index (χ1v) is 4.91. The van der Waals surface area contributed by atoms with Crippen LogP contribution in [0.25, 0.3) is 0 Å². The normalized spacial score (nSPS) is 23.3. The van der Waals surface area contributed by atoms with E-state index < -0.39 is 7.12 Å². The molecule has 0 saturated carbocycles. The third-order valence-corrected chi connectivity index (χ3v) is 3.12. The van der Waals surface area contributed by atoms with Crippen LogP contribution < -0.4 is 5.46 Å². The van der Waals surface area contributed by atoms with Gasteiger partial charge in [-0.2, -0.15) is 0 Å². The molecule has 2 heterocycles. The molecule has 2 rings (SSSR count). The molecule has 0 aliphatic carbocycles. The van der Waals surface area contributed by atoms with Crippen molar-refractivity contribution in [3.05, 3.63) is 12.4 Å². The second-order valence-electron chi connectivity index (χ2n) is 4.78. The van der Waals surface area contributed by atoms with E-state index in [0.717, 1.165) is 10.3 Å². The summed E-state index contributed by atoms with van der Waals surface area (Å²) >= 11 is 0. The Labute approximate surface area is 89.1 Å². The maximum absolute atomic E-state index is 9.07. The lowest BCUT2D eigenvalue weighted by molar-refractivity contribution is 0.00578. The first kappa shape index (κ1) is 10.5. The fourth-order valence-electron chi connectivity index (χ4n) is 1.43. The maximum Gasteiger partial charge on any atom is 0.498 e. The van der Waals surface area contributed by atoms with E-state index in [1.807, 2.05) is 27.7 Å². The molecule has 0 bridgehead atoms. The summed E-state index contributed by atoms with van der Waals surface area (Å²) in [6.45, 7) is 7.93. The van der Waals surface area contributed by atoms with E-state index in [-0.39, 0.29) is 11.2 Å². The molecule has 0 atom stereocenters. The smallest absolute Gasteiger partial charge is 0.412 e. The van der Waals surface area contributed by atoms with Crippen molar-refractivity contribution in [3.8, 4) is 0 Å². The number of nitrogens with zero attached hydrogens (tertiary/aromatic N) is 2. The Bertz CT molecular complexity index is 359. The largest absolute Gasteiger partial charge is 0.498 e. The number of rotatable bonds is 1. The Morgan fingerprint density at radius 3 is 2.20 bits per heavy atom. The van der Waals surface area contributed by atoms with Gasteiger partial charge in [-0.25, -0.2) is 0 Å². The highest BCUT2D eigenvalue weighted by atomic mass is 16.7. The molecule has 0 spiro atoms. The fourth-order valence-corrected chi connectivity index (χ4v) is 1.43. The summed E-state index contributed by atoms with van der Waals surface area (Å²) in [5.74, 6) is 0. The molecule has 1 saturated heterocycles. The van der Waals surface area contributed by atoms with Crippen LogP contribution in [0.2, 0.25) is 0 Å². The molecule has 0 aromatic carbocycles. The first-order chi connectivity index (χ1) is 6.82. The molecule has 1 aromatic rings. The molecule has 1 aromatic heterocycles. The minimum atomic E-state index is -0.462. The zero-order valence-corrected chi connectivity index (χ0v) is 9.39. The SMILES string of the molecule is CC1(C)OB(c2cnn(O)c2)OC1(C)C. The van der Waals surface area contributed by atoms with E-state index in [2.05, 4.69) is 5.10 Å². The van der Waals surface area contributed by atoms with Crippen LogP contribution in [-0.4, -0.2) is 33.5 Å². The molecular weight excluding hydrogens is 195 g/mol. The lowest BCUT2D eigenvalue weighted by Gasteiger charge is -2.32. The van der Waals surface area contributed by atoms with Gasteiger partial charge < -0.3 is 14.5 Å². The highest BCUT2D eigenvalue weighted by molar-refractivity contribution is 6.61. The lowest BCUT2D eigenvalue weighted by atomic mass is 9.82. The van der Waals surface area contributed by atoms with Crippen molar-refractivity contribution in [2.45, 2.75) is 38.9 Å². The van der Waals surface area contributed by atoms with Crippen LogP contribution in [0.5, 0.6) is 0 Å². The quantitative estimate of drug-likeness (QED) is 0.539. The Morgan fingerprint density at radius 2 is 1.80 bits per heavy atom. The molecule has 82 valence electrons. The van der Waals surface area contributed by atoms with Crippen LogP contribution in [0.4, 0.5) is 0 Å². The van der Waals surface area contributed by atoms with E-state index in [9.17, 15) is 0 Å². The summed E-state index contributed by atoms with van der Waals surface area (Å²) in [5.41, 5.74) is -0.0130. The summed E-state index contributed by atoms with van der Waals surface area (Å²) < 4.78 is 11.6. The Balaban J connectivity index is 2.23. The van der Waals surface area contributed by atoms with E-state index in [1.54, 1.807) is 0 Å². The zero-order valence-electron chi connectivity index (χ0n) is 9.39. The summed E-state index contributed by atoms with van der Waals surface area (Å²) in [6, 6.07) is 0. The van der Waals surface area contributed by atoms with Gasteiger partial charge in [-0.05, 0) is 27.7 Å². The average Bonchev–Trinajstić information content (AvgIpc) is 2.56. The van der Waals surface area contributed by atoms with Crippen molar-refractivity contribution < 1.29 is 14.5 Å². The highest BCUT2D eigenvalue weighted by Gasteiger charge is 2.52. The van der Waals surface area contributed by atoms with Gasteiger partial charge >= 0.3 is 7.12 Å². The molecule has 1 fully saturated rings. The molecule has 15 heavy (non-hydrogen) atoms. The minimum Gasteiger partial charge on any atom is -0.412 e. The van der Waals surface area contributed by atoms with Crippen LogP contribution in [0.3, 0.4) is 0 Å². The van der Waals surface area contributed by atoms with Gasteiger partial charge in [-0.1, -0.05) is 0 Å². The van der Waals surface area contributed by atoms with E-state index >= 15 is 0 Å². The molecule has 1 aliphatic rings. The van der Waals surface area contributed by atoms with E-state index in [1.165, 1.54) is 12.4 Å². The summed E-state index contributed by atoms with van der Waals surface area (Å²) in [6.07, 6.45) is 3.00. The van der Waals surface area contributed by atoms with Gasteiger partial charge in [-0.3, -0.25) is 0 Å². The molecule has 1 N–H and O–H groups in total. The molecule has 6 heteroatoms. The molecular formula is C9H15BN2O3. The van der Waals surface area contributed by atoms with E-state index in [0.29, 0.717) is 0 Å². The Kier molecular flexibility index (Phi) is 2.10. The second-order valence-corrected chi connectivity index (χ2v) is 4.78. The monoisotopic (exact) mass is 210 g/mol. The van der Waals surface area contributed by atoms with Gasteiger partial charge in [-0.15, -0.1) is 9.94 Å². The predicted molar refractivity (Wildman–Crippen MR) is 55.1 cm³/mol. The van der Waals surface area contributed by atoms with Crippen molar-refractivity contribution in [1.82, 2.24) is 9.94 Å². The highest BCUT2D eigenvalue weighted by Crippen LogP contribution is 2.36. The van der Waals surface area contributed by atoms with Crippen molar-refractivity contribution in [3.63, 3.8) is 0 Å². The molecule has 5 nitrogen and oxygen atoms in total. The molecule has 1 aliphatic heterocycles. The van der Waals surface area contributed by atoms with Crippen molar-refractivity contribution in [2.75, 3.05) is 0 Å². The fraction of sp³-hybridized carbons (Fsp3) is 0.667. The predicted octanol–water partition coefficient (Wildman–Crippen LogP) is 0.420. The summed E-state index contributed by atoms with van der Waals surface area (Å²) in [5, 5.41) is 12.7. The van der Waals surface area contributed by atoms with Crippen LogP contribution in [0, 0.1) is 0 Å². The van der Waals surface area contributed by atoms with Gasteiger partial charge in [0.1, 0.15) is 0 Å². The summed E-state index contributed by atoms with van der Waals surface area (Å²) in [7, 11) is -0.462. The van der Waals surface area contributed by atoms with Crippen molar-refractivity contribution in [1.29, 1.82) is 0 Å². The van der Waals surface area contributed by atoms with Crippen LogP contribution in [0.15, 0.2) is 12.4 Å². The van der Waals surface area contributed by atoms with Crippen LogP contribution in [-0.2, 0) is 9.31 Å².